The monoisotopic (exact) mass is 970 g/mol. The minimum absolute atomic E-state index is 0.00740. The Kier molecular flexibility index (Phi) is 14.9. The Hall–Kier alpha value is -5.26. The zero-order valence-electron chi connectivity index (χ0n) is 30.5. The lowest BCUT2D eigenvalue weighted by molar-refractivity contribution is 0.282. The zero-order valence-corrected chi connectivity index (χ0v) is 35.4. The van der Waals surface area contributed by atoms with Gasteiger partial charge in [0, 0.05) is 7.05 Å². The van der Waals surface area contributed by atoms with Gasteiger partial charge in [-0.25, -0.2) is 25.2 Å². The summed E-state index contributed by atoms with van der Waals surface area (Å²) in [6, 6.07) is 12.2. The topological polar surface area (TPSA) is 416 Å². The number of nitrogens with two attached hydrogens (primary N) is 1. The van der Waals surface area contributed by atoms with Crippen LogP contribution in [0.2, 0.25) is 0 Å². The molecule has 0 radical (unpaired) electrons. The van der Waals surface area contributed by atoms with E-state index in [0.717, 1.165) is 30.3 Å². The molecule has 4 aromatic rings. The molecule has 32 heteroatoms. The standard InChI is InChI=1S/C29H30N8O18S6/c1-31-28-25(36-32-18-2-6-20(7-3-18)56(38,39)14-12-54-60(48,49)50)17-24(35-34-23-16-22(58(42,43)44)10-11-26(23)59(45,46)47)27(30)29(28)37-33-19-4-8-21(9-5-19)57(40,41)15-13-55-61(51,52)53/h2-11,16-17,31H,12-15,30H2,1H3,(H,42,43,44)(H,45,46,47)(H,48,49,50)(H,51,52,53). The molecule has 7 N–H and O–H groups in total. The number of hydrogen-bond acceptors (Lipinski definition) is 22. The molecule has 0 unspecified atom stereocenters. The van der Waals surface area contributed by atoms with Gasteiger partial charge < -0.3 is 11.1 Å². The summed E-state index contributed by atoms with van der Waals surface area (Å²) in [5, 5.41) is 26.7. The van der Waals surface area contributed by atoms with Crippen molar-refractivity contribution in [3.8, 4) is 0 Å². The summed E-state index contributed by atoms with van der Waals surface area (Å²) in [6.07, 6.45) is 0. The highest BCUT2D eigenvalue weighted by Crippen LogP contribution is 2.47. The third kappa shape index (κ3) is 13.9. The van der Waals surface area contributed by atoms with Crippen molar-refractivity contribution < 1.29 is 77.1 Å². The smallest absolute Gasteiger partial charge is 0.395 e. The summed E-state index contributed by atoms with van der Waals surface area (Å²) in [6.45, 7) is -1.75. The summed E-state index contributed by atoms with van der Waals surface area (Å²) in [4.78, 5) is -2.32. The molecule has 0 aliphatic rings. The van der Waals surface area contributed by atoms with Gasteiger partial charge in [0.25, 0.3) is 20.2 Å². The van der Waals surface area contributed by atoms with Gasteiger partial charge >= 0.3 is 20.8 Å². The molecular weight excluding hydrogens is 941 g/mol. The van der Waals surface area contributed by atoms with Crippen molar-refractivity contribution in [1.29, 1.82) is 0 Å². The first-order valence-corrected chi connectivity index (χ1v) is 24.9. The van der Waals surface area contributed by atoms with Gasteiger partial charge in [-0.1, -0.05) is 0 Å². The Labute approximate surface area is 347 Å². The molecule has 26 nitrogen and oxygen atoms in total. The molecule has 330 valence electrons. The maximum atomic E-state index is 12.6. The molecule has 0 atom stereocenters. The van der Waals surface area contributed by atoms with Crippen LogP contribution in [0.3, 0.4) is 0 Å². The predicted molar refractivity (Wildman–Crippen MR) is 211 cm³/mol. The number of nitrogen functional groups attached to an aromatic ring is 1. The number of sulfone groups is 2. The molecule has 4 rings (SSSR count). The van der Waals surface area contributed by atoms with Gasteiger partial charge in [-0.2, -0.15) is 43.9 Å². The first-order chi connectivity index (χ1) is 28.1. The van der Waals surface area contributed by atoms with Crippen LogP contribution in [0.1, 0.15) is 0 Å². The van der Waals surface area contributed by atoms with E-state index in [4.69, 9.17) is 14.8 Å². The van der Waals surface area contributed by atoms with Crippen molar-refractivity contribution >= 4 is 106 Å². The second-order valence-corrected chi connectivity index (χ2v) is 20.8. The van der Waals surface area contributed by atoms with E-state index in [-0.39, 0.29) is 49.6 Å². The van der Waals surface area contributed by atoms with E-state index in [2.05, 4.69) is 44.4 Å². The third-order valence-electron chi connectivity index (χ3n) is 7.42. The average Bonchev–Trinajstić information content (AvgIpc) is 3.14. The van der Waals surface area contributed by atoms with Gasteiger partial charge in [-0.15, -0.1) is 20.5 Å². The van der Waals surface area contributed by atoms with Crippen LogP contribution in [0.4, 0.5) is 45.5 Å². The van der Waals surface area contributed by atoms with E-state index >= 15 is 0 Å². The first-order valence-electron chi connectivity index (χ1n) is 16.0. The van der Waals surface area contributed by atoms with Crippen LogP contribution in [0.5, 0.6) is 0 Å². The molecule has 0 heterocycles. The summed E-state index contributed by atoms with van der Waals surface area (Å²) >= 11 is 0. The molecular formula is C29H30N8O18S6. The molecule has 0 aromatic heterocycles. The fourth-order valence-corrected chi connectivity index (χ4v) is 8.71. The van der Waals surface area contributed by atoms with E-state index in [1.54, 1.807) is 0 Å². The van der Waals surface area contributed by atoms with Gasteiger partial charge in [0.05, 0.1) is 62.2 Å². The quantitative estimate of drug-likeness (QED) is 0.0435. The molecule has 4 aromatic carbocycles. The predicted octanol–water partition coefficient (Wildman–Crippen LogP) is 4.24. The van der Waals surface area contributed by atoms with E-state index in [9.17, 15) is 59.6 Å². The number of rotatable bonds is 19. The summed E-state index contributed by atoms with van der Waals surface area (Å²) in [5.41, 5.74) is 4.55. The Balaban J connectivity index is 1.80. The van der Waals surface area contributed by atoms with E-state index < -0.39 is 101 Å². The van der Waals surface area contributed by atoms with Gasteiger partial charge in [0.15, 0.2) is 19.7 Å². The Morgan fingerprint density at radius 1 is 0.525 bits per heavy atom. The lowest BCUT2D eigenvalue weighted by Crippen LogP contribution is -2.15. The van der Waals surface area contributed by atoms with Gasteiger partial charge in [0.1, 0.15) is 27.6 Å². The SMILES string of the molecule is CNc1c(N=Nc2ccc(S(=O)(=O)CCOS(=O)(=O)O)cc2)cc(N=Nc2cc(S(=O)(=O)O)ccc2S(=O)(=O)O)c(N)c1N=Nc1ccc(S(=O)(=O)CCOS(=O)(=O)O)cc1. The maximum Gasteiger partial charge on any atom is 0.397 e. The molecule has 0 saturated carbocycles. The highest BCUT2D eigenvalue weighted by atomic mass is 32.3. The normalized spacial score (nSPS) is 13.4. The summed E-state index contributed by atoms with van der Waals surface area (Å²) < 4.78 is 186. The van der Waals surface area contributed by atoms with Crippen molar-refractivity contribution in [1.82, 2.24) is 0 Å². The molecule has 61 heavy (non-hydrogen) atoms. The Bertz CT molecular complexity index is 3090. The lowest BCUT2D eigenvalue weighted by atomic mass is 10.1. The third-order valence-corrected chi connectivity index (χ3v) is 13.5. The minimum Gasteiger partial charge on any atom is -0.395 e. The van der Waals surface area contributed by atoms with Crippen LogP contribution in [-0.2, 0) is 69.1 Å². The van der Waals surface area contributed by atoms with Crippen LogP contribution >= 0.6 is 0 Å². The minimum atomic E-state index is -5.06. The molecule has 0 amide bonds. The molecule has 0 aliphatic carbocycles. The summed E-state index contributed by atoms with van der Waals surface area (Å²) in [5.74, 6) is -1.64. The van der Waals surface area contributed by atoms with E-state index in [0.29, 0.717) is 18.2 Å². The fourth-order valence-electron chi connectivity index (χ4n) is 4.62. The van der Waals surface area contributed by atoms with Crippen LogP contribution in [0.15, 0.2) is 123 Å². The average molecular weight is 971 g/mol. The fraction of sp³-hybridized carbons (Fsp3) is 0.172. The second kappa shape index (κ2) is 18.8. The van der Waals surface area contributed by atoms with Gasteiger partial charge in [-0.05, 0) is 72.8 Å². The van der Waals surface area contributed by atoms with Crippen LogP contribution in [0, 0.1) is 0 Å². The number of hydrogen-bond donors (Lipinski definition) is 6. The van der Waals surface area contributed by atoms with Crippen molar-refractivity contribution in [2.75, 3.05) is 42.8 Å². The van der Waals surface area contributed by atoms with Gasteiger partial charge in [0.2, 0.25) is 0 Å². The van der Waals surface area contributed by atoms with Crippen LogP contribution in [0.25, 0.3) is 0 Å². The Morgan fingerprint density at radius 3 is 1.38 bits per heavy atom. The largest absolute Gasteiger partial charge is 0.397 e. The van der Waals surface area contributed by atoms with Crippen LogP contribution < -0.4 is 11.1 Å². The number of nitrogens with zero attached hydrogens (tertiary/aromatic N) is 6. The first kappa shape index (κ1) is 48.4. The molecule has 0 bridgehead atoms. The molecule has 0 spiro atoms. The highest BCUT2D eigenvalue weighted by Gasteiger charge is 2.22. The Morgan fingerprint density at radius 2 is 0.951 bits per heavy atom. The number of anilines is 2. The maximum absolute atomic E-state index is 12.6. The van der Waals surface area contributed by atoms with E-state index in [1.807, 2.05) is 0 Å². The lowest BCUT2D eigenvalue weighted by Gasteiger charge is -2.12. The highest BCUT2D eigenvalue weighted by molar-refractivity contribution is 7.91. The number of benzene rings is 4. The van der Waals surface area contributed by atoms with E-state index in [1.165, 1.54) is 31.3 Å². The van der Waals surface area contributed by atoms with Gasteiger partial charge in [-0.3, -0.25) is 18.2 Å². The van der Waals surface area contributed by atoms with Crippen molar-refractivity contribution in [2.24, 2.45) is 30.7 Å². The number of nitrogens with one attached hydrogen (secondary N) is 1. The molecule has 0 saturated heterocycles. The van der Waals surface area contributed by atoms with Crippen LogP contribution in [-0.4, -0.2) is 100 Å². The van der Waals surface area contributed by atoms with Crippen molar-refractivity contribution in [3.05, 3.63) is 72.8 Å². The molecule has 0 fully saturated rings. The van der Waals surface area contributed by atoms with Crippen molar-refractivity contribution in [3.63, 3.8) is 0 Å². The zero-order chi connectivity index (χ0) is 45.6. The number of azo groups is 3. The molecule has 0 aliphatic heterocycles. The summed E-state index contributed by atoms with van der Waals surface area (Å²) in [7, 11) is -26.6. The second-order valence-electron chi connectivity index (χ2n) is 11.6. The van der Waals surface area contributed by atoms with Crippen molar-refractivity contribution in [2.45, 2.75) is 19.6 Å².